The fraction of sp³-hybridized carbons (Fsp3) is 0.214. The van der Waals surface area contributed by atoms with E-state index in [2.05, 4.69) is 30.1 Å². The number of hydrogen-bond donors (Lipinski definition) is 0. The summed E-state index contributed by atoms with van der Waals surface area (Å²) in [6, 6.07) is 11.8. The quantitative estimate of drug-likeness (QED) is 0.635. The van der Waals surface area contributed by atoms with Gasteiger partial charge < -0.3 is 4.98 Å². The molecule has 2 heteroatoms. The Morgan fingerprint density at radius 1 is 1.25 bits per heavy atom. The van der Waals surface area contributed by atoms with Crippen LogP contribution in [-0.4, -0.2) is 4.98 Å². The molecule has 2 aromatic rings. The molecule has 1 heterocycles. The van der Waals surface area contributed by atoms with E-state index in [9.17, 15) is 0 Å². The minimum Gasteiger partial charge on any atom is -0.304 e. The van der Waals surface area contributed by atoms with Crippen LogP contribution in [0.5, 0.6) is 0 Å². The van der Waals surface area contributed by atoms with Gasteiger partial charge in [0.15, 0.2) is 0 Å². The van der Waals surface area contributed by atoms with Gasteiger partial charge in [-0.1, -0.05) is 25.0 Å². The predicted octanol–water partition coefficient (Wildman–Crippen LogP) is 2.95. The third-order valence-corrected chi connectivity index (χ3v) is 2.96. The monoisotopic (exact) mass is 387 g/mol. The summed E-state index contributed by atoms with van der Waals surface area (Å²) >= 11 is 0. The van der Waals surface area contributed by atoms with Crippen LogP contribution in [0.3, 0.4) is 0 Å². The first-order chi connectivity index (χ1) is 7.34. The third-order valence-electron chi connectivity index (χ3n) is 2.96. The van der Waals surface area contributed by atoms with Gasteiger partial charge in [0.05, 0.1) is 0 Å². The van der Waals surface area contributed by atoms with Gasteiger partial charge >= 0.3 is 0 Å². The van der Waals surface area contributed by atoms with Crippen molar-refractivity contribution in [3.05, 3.63) is 53.2 Å². The normalized spacial score (nSPS) is 12.3. The number of rotatable bonds is 0. The van der Waals surface area contributed by atoms with Crippen LogP contribution in [0.25, 0.3) is 11.3 Å². The van der Waals surface area contributed by atoms with Gasteiger partial charge in [-0.15, -0.1) is 34.9 Å². The Balaban J connectivity index is 0.000000963. The number of aromatic nitrogens is 1. The Hall–Kier alpha value is -0.981. The van der Waals surface area contributed by atoms with Crippen molar-refractivity contribution in [1.29, 1.82) is 0 Å². The van der Waals surface area contributed by atoms with Gasteiger partial charge in [-0.25, -0.2) is 0 Å². The molecule has 83 valence electrons. The van der Waals surface area contributed by atoms with Crippen molar-refractivity contribution >= 4 is 0 Å². The molecule has 16 heavy (non-hydrogen) atoms. The summed E-state index contributed by atoms with van der Waals surface area (Å²) in [5.41, 5.74) is 6.35. The molecule has 1 aliphatic carbocycles. The first-order valence-electron chi connectivity index (χ1n) is 5.30. The van der Waals surface area contributed by atoms with E-state index in [4.69, 9.17) is 0 Å². The molecule has 0 spiro atoms. The van der Waals surface area contributed by atoms with Gasteiger partial charge in [0.25, 0.3) is 0 Å². The van der Waals surface area contributed by atoms with Crippen molar-refractivity contribution in [2.75, 3.05) is 0 Å². The second-order valence-corrected chi connectivity index (χ2v) is 4.09. The Morgan fingerprint density at radius 3 is 2.94 bits per heavy atom. The molecule has 0 saturated carbocycles. The number of fused-ring (bicyclic) bond motifs is 3. The minimum atomic E-state index is 0. The summed E-state index contributed by atoms with van der Waals surface area (Å²) in [6.45, 7) is 2.12. The maximum Gasteiger partial charge on any atom is 0.0160 e. The predicted molar refractivity (Wildman–Crippen MR) is 60.7 cm³/mol. The molecule has 1 nitrogen and oxygen atoms in total. The third kappa shape index (κ3) is 1.83. The second-order valence-electron chi connectivity index (χ2n) is 4.09. The van der Waals surface area contributed by atoms with Gasteiger partial charge in [0.2, 0.25) is 0 Å². The average molecular weight is 386 g/mol. The van der Waals surface area contributed by atoms with Crippen LogP contribution in [0.4, 0.5) is 0 Å². The largest absolute Gasteiger partial charge is 0.304 e. The standard InChI is InChI=1S/C14H12N.Ir/c1-10-4-7-13-12(9-10)6-5-11-3-2-8-15-14(11)13;/h2-4,8-9H,5-6H2,1H3;/q-1;. The SMILES string of the molecule is Cc1c[c-]c2c(c1)CCc1cccnc1-2.[Ir]. The van der Waals surface area contributed by atoms with Crippen LogP contribution in [0, 0.1) is 13.0 Å². The van der Waals surface area contributed by atoms with Crippen molar-refractivity contribution in [2.24, 2.45) is 0 Å². The zero-order chi connectivity index (χ0) is 10.3. The Kier molecular flexibility index (Phi) is 3.22. The molecular formula is C14H12IrN-. The zero-order valence-electron chi connectivity index (χ0n) is 9.08. The minimum absolute atomic E-state index is 0. The Labute approximate surface area is 109 Å². The summed E-state index contributed by atoms with van der Waals surface area (Å²) in [7, 11) is 0. The van der Waals surface area contributed by atoms with E-state index in [0.717, 1.165) is 18.5 Å². The van der Waals surface area contributed by atoms with Crippen molar-refractivity contribution in [3.8, 4) is 11.3 Å². The summed E-state index contributed by atoms with van der Waals surface area (Å²) in [6.07, 6.45) is 4.08. The summed E-state index contributed by atoms with van der Waals surface area (Å²) in [5, 5.41) is 0. The molecule has 0 unspecified atom stereocenters. The molecule has 0 saturated heterocycles. The fourth-order valence-corrected chi connectivity index (χ4v) is 2.22. The second kappa shape index (κ2) is 4.48. The molecule has 0 aliphatic heterocycles. The maximum absolute atomic E-state index is 4.46. The molecule has 0 atom stereocenters. The van der Waals surface area contributed by atoms with Crippen molar-refractivity contribution < 1.29 is 20.1 Å². The summed E-state index contributed by atoms with van der Waals surface area (Å²) in [5.74, 6) is 0. The fourth-order valence-electron chi connectivity index (χ4n) is 2.22. The van der Waals surface area contributed by atoms with Crippen molar-refractivity contribution in [3.63, 3.8) is 0 Å². The van der Waals surface area contributed by atoms with Gasteiger partial charge in [-0.05, 0) is 18.2 Å². The van der Waals surface area contributed by atoms with Gasteiger partial charge in [-0.2, -0.15) is 0 Å². The number of nitrogens with zero attached hydrogens (tertiary/aromatic N) is 1. The van der Waals surface area contributed by atoms with Crippen molar-refractivity contribution in [1.82, 2.24) is 4.98 Å². The van der Waals surface area contributed by atoms with E-state index in [-0.39, 0.29) is 20.1 Å². The van der Waals surface area contributed by atoms with E-state index < -0.39 is 0 Å². The van der Waals surface area contributed by atoms with E-state index in [1.165, 1.54) is 22.3 Å². The van der Waals surface area contributed by atoms with E-state index in [1.54, 1.807) is 0 Å². The van der Waals surface area contributed by atoms with E-state index in [0.29, 0.717) is 0 Å². The molecule has 1 aromatic carbocycles. The van der Waals surface area contributed by atoms with Crippen LogP contribution in [0.15, 0.2) is 30.5 Å². The van der Waals surface area contributed by atoms with Crippen LogP contribution in [-0.2, 0) is 32.9 Å². The molecule has 3 rings (SSSR count). The molecule has 0 N–H and O–H groups in total. The van der Waals surface area contributed by atoms with Crippen LogP contribution in [0.2, 0.25) is 0 Å². The van der Waals surface area contributed by atoms with E-state index >= 15 is 0 Å². The number of aryl methyl sites for hydroxylation is 3. The Morgan fingerprint density at radius 2 is 2.06 bits per heavy atom. The zero-order valence-corrected chi connectivity index (χ0v) is 11.5. The van der Waals surface area contributed by atoms with Crippen LogP contribution >= 0.6 is 0 Å². The number of benzene rings is 1. The molecule has 0 bridgehead atoms. The molecule has 0 amide bonds. The van der Waals surface area contributed by atoms with Crippen LogP contribution in [0.1, 0.15) is 16.7 Å². The smallest absolute Gasteiger partial charge is 0.0160 e. The molecule has 1 aromatic heterocycles. The first kappa shape index (κ1) is 11.5. The molecular weight excluding hydrogens is 374 g/mol. The summed E-state index contributed by atoms with van der Waals surface area (Å²) < 4.78 is 0. The average Bonchev–Trinajstić information content (AvgIpc) is 2.28. The number of pyridine rings is 1. The Bertz CT molecular complexity index is 520. The first-order valence-corrected chi connectivity index (χ1v) is 5.30. The van der Waals surface area contributed by atoms with Crippen molar-refractivity contribution in [2.45, 2.75) is 19.8 Å². The molecule has 0 fully saturated rings. The topological polar surface area (TPSA) is 12.9 Å². The number of hydrogen-bond acceptors (Lipinski definition) is 1. The van der Waals surface area contributed by atoms with E-state index in [1.807, 2.05) is 18.3 Å². The van der Waals surface area contributed by atoms with Crippen LogP contribution < -0.4 is 0 Å². The maximum atomic E-state index is 4.46. The summed E-state index contributed by atoms with van der Waals surface area (Å²) in [4.78, 5) is 4.46. The van der Waals surface area contributed by atoms with Gasteiger partial charge in [0.1, 0.15) is 0 Å². The van der Waals surface area contributed by atoms with Gasteiger partial charge in [0, 0.05) is 26.3 Å². The molecule has 1 aliphatic rings. The molecule has 1 radical (unpaired) electrons. The van der Waals surface area contributed by atoms with Gasteiger partial charge in [-0.3, -0.25) is 0 Å².